The van der Waals surface area contributed by atoms with Crippen molar-refractivity contribution < 1.29 is 18.3 Å². The number of hydrogen-bond donors (Lipinski definition) is 1. The Morgan fingerprint density at radius 2 is 2.22 bits per heavy atom. The summed E-state index contributed by atoms with van der Waals surface area (Å²) >= 11 is 0. The zero-order chi connectivity index (χ0) is 13.0. The molecule has 1 aliphatic rings. The molecule has 100 valence electrons. The Kier molecular flexibility index (Phi) is 4.49. The van der Waals surface area contributed by atoms with Crippen LogP contribution >= 0.6 is 0 Å². The number of nitrogens with one attached hydrogen (secondary N) is 1. The van der Waals surface area contributed by atoms with Crippen LogP contribution in [0.25, 0.3) is 0 Å². The Balaban J connectivity index is 1.95. The highest BCUT2D eigenvalue weighted by molar-refractivity contribution is 5.33. The fourth-order valence-corrected chi connectivity index (χ4v) is 2.10. The number of benzene rings is 1. The minimum atomic E-state index is -2.79. The van der Waals surface area contributed by atoms with E-state index in [1.165, 1.54) is 0 Å². The first-order chi connectivity index (χ1) is 8.66. The summed E-state index contributed by atoms with van der Waals surface area (Å²) in [5.41, 5.74) is 0.733. The number of hydrogen-bond acceptors (Lipinski definition) is 3. The molecule has 0 bridgehead atoms. The smallest absolute Gasteiger partial charge is 0.387 e. The molecule has 3 nitrogen and oxygen atoms in total. The summed E-state index contributed by atoms with van der Waals surface area (Å²) in [7, 11) is 0. The summed E-state index contributed by atoms with van der Waals surface area (Å²) < 4.78 is 34.4. The normalized spacial score (nSPS) is 23.6. The van der Waals surface area contributed by atoms with Gasteiger partial charge in [-0.15, -0.1) is 0 Å². The molecule has 0 aliphatic carbocycles. The monoisotopic (exact) mass is 257 g/mol. The molecule has 1 aromatic rings. The molecule has 2 atom stereocenters. The summed E-state index contributed by atoms with van der Waals surface area (Å²) in [5, 5.41) is 3.31. The molecule has 1 aromatic carbocycles. The molecule has 1 N–H and O–H groups in total. The first-order valence-corrected chi connectivity index (χ1v) is 6.04. The van der Waals surface area contributed by atoms with Gasteiger partial charge in [0.25, 0.3) is 0 Å². The lowest BCUT2D eigenvalue weighted by atomic mass is 10.1. The molecule has 2 unspecified atom stereocenters. The highest BCUT2D eigenvalue weighted by Crippen LogP contribution is 2.21. The van der Waals surface area contributed by atoms with Crippen LogP contribution in [0.1, 0.15) is 18.9 Å². The van der Waals surface area contributed by atoms with E-state index in [0.29, 0.717) is 6.54 Å². The highest BCUT2D eigenvalue weighted by Gasteiger charge is 2.23. The summed E-state index contributed by atoms with van der Waals surface area (Å²) in [6, 6.07) is 7.10. The SMILES string of the molecule is CC1OCCC1NCc1ccccc1OC(F)F. The Hall–Kier alpha value is -1.20. The lowest BCUT2D eigenvalue weighted by molar-refractivity contribution is -0.0505. The molecular weight excluding hydrogens is 240 g/mol. The van der Waals surface area contributed by atoms with E-state index in [1.807, 2.05) is 13.0 Å². The maximum Gasteiger partial charge on any atom is 0.387 e. The molecule has 1 heterocycles. The first-order valence-electron chi connectivity index (χ1n) is 6.04. The summed E-state index contributed by atoms with van der Waals surface area (Å²) in [6.45, 7) is 0.460. The van der Waals surface area contributed by atoms with E-state index in [4.69, 9.17) is 4.74 Å². The first kappa shape index (κ1) is 13.2. The van der Waals surface area contributed by atoms with Gasteiger partial charge in [0, 0.05) is 24.8 Å². The van der Waals surface area contributed by atoms with Crippen molar-refractivity contribution in [3.63, 3.8) is 0 Å². The lowest BCUT2D eigenvalue weighted by Gasteiger charge is -2.17. The number of ether oxygens (including phenoxy) is 2. The summed E-state index contributed by atoms with van der Waals surface area (Å²) in [5.74, 6) is 0.228. The van der Waals surface area contributed by atoms with Gasteiger partial charge in [-0.05, 0) is 19.4 Å². The van der Waals surface area contributed by atoms with Crippen LogP contribution in [0, 0.1) is 0 Å². The minimum absolute atomic E-state index is 0.160. The fourth-order valence-electron chi connectivity index (χ4n) is 2.10. The second-order valence-electron chi connectivity index (χ2n) is 4.34. The van der Waals surface area contributed by atoms with Crippen molar-refractivity contribution in [3.05, 3.63) is 29.8 Å². The lowest BCUT2D eigenvalue weighted by Crippen LogP contribution is -2.34. The van der Waals surface area contributed by atoms with Gasteiger partial charge in [-0.1, -0.05) is 18.2 Å². The van der Waals surface area contributed by atoms with Gasteiger partial charge in [0.05, 0.1) is 6.10 Å². The van der Waals surface area contributed by atoms with Crippen molar-refractivity contribution in [1.82, 2.24) is 5.32 Å². The van der Waals surface area contributed by atoms with Crippen LogP contribution < -0.4 is 10.1 Å². The van der Waals surface area contributed by atoms with Gasteiger partial charge in [0.15, 0.2) is 0 Å². The van der Waals surface area contributed by atoms with E-state index in [-0.39, 0.29) is 17.9 Å². The molecule has 0 saturated carbocycles. The molecule has 1 fully saturated rings. The molecule has 1 saturated heterocycles. The summed E-state index contributed by atoms with van der Waals surface area (Å²) in [6.07, 6.45) is 1.10. The van der Waals surface area contributed by atoms with Gasteiger partial charge in [0.2, 0.25) is 0 Å². The van der Waals surface area contributed by atoms with Crippen molar-refractivity contribution in [2.45, 2.75) is 38.6 Å². The quantitative estimate of drug-likeness (QED) is 0.879. The van der Waals surface area contributed by atoms with Crippen molar-refractivity contribution in [2.24, 2.45) is 0 Å². The van der Waals surface area contributed by atoms with E-state index >= 15 is 0 Å². The van der Waals surface area contributed by atoms with Gasteiger partial charge in [-0.2, -0.15) is 8.78 Å². The second kappa shape index (κ2) is 6.11. The van der Waals surface area contributed by atoms with Crippen molar-refractivity contribution in [2.75, 3.05) is 6.61 Å². The highest BCUT2D eigenvalue weighted by atomic mass is 19.3. The van der Waals surface area contributed by atoms with Gasteiger partial charge in [0.1, 0.15) is 5.75 Å². The topological polar surface area (TPSA) is 30.5 Å². The Morgan fingerprint density at radius 1 is 1.44 bits per heavy atom. The number of para-hydroxylation sites is 1. The van der Waals surface area contributed by atoms with Crippen LogP contribution in [0.5, 0.6) is 5.75 Å². The number of halogens is 2. The summed E-state index contributed by atoms with van der Waals surface area (Å²) in [4.78, 5) is 0. The van der Waals surface area contributed by atoms with E-state index in [9.17, 15) is 8.78 Å². The van der Waals surface area contributed by atoms with E-state index < -0.39 is 6.61 Å². The molecule has 18 heavy (non-hydrogen) atoms. The van der Waals surface area contributed by atoms with Gasteiger partial charge in [-0.25, -0.2) is 0 Å². The molecular formula is C13H17F2NO2. The van der Waals surface area contributed by atoms with Crippen molar-refractivity contribution in [1.29, 1.82) is 0 Å². The predicted octanol–water partition coefficient (Wildman–Crippen LogP) is 2.56. The van der Waals surface area contributed by atoms with Crippen molar-refractivity contribution in [3.8, 4) is 5.75 Å². The molecule has 2 rings (SSSR count). The zero-order valence-electron chi connectivity index (χ0n) is 10.2. The standard InChI is InChI=1S/C13H17F2NO2/c1-9-11(6-7-17-9)16-8-10-4-2-3-5-12(10)18-13(14)15/h2-5,9,11,13,16H,6-8H2,1H3. The predicted molar refractivity (Wildman–Crippen MR) is 63.7 cm³/mol. The van der Waals surface area contributed by atoms with Crippen LogP contribution in [0.4, 0.5) is 8.78 Å². The maximum atomic E-state index is 12.2. The van der Waals surface area contributed by atoms with Crippen LogP contribution in [0.15, 0.2) is 24.3 Å². The number of alkyl halides is 2. The zero-order valence-corrected chi connectivity index (χ0v) is 10.2. The third kappa shape index (κ3) is 3.40. The van der Waals surface area contributed by atoms with Crippen molar-refractivity contribution >= 4 is 0 Å². The molecule has 0 spiro atoms. The Morgan fingerprint density at radius 3 is 2.89 bits per heavy atom. The largest absolute Gasteiger partial charge is 0.434 e. The molecule has 1 aliphatic heterocycles. The number of rotatable bonds is 5. The molecule has 0 aromatic heterocycles. The van der Waals surface area contributed by atoms with Crippen LogP contribution in [0.2, 0.25) is 0 Å². The van der Waals surface area contributed by atoms with E-state index in [2.05, 4.69) is 10.1 Å². The van der Waals surface area contributed by atoms with E-state index in [1.54, 1.807) is 18.2 Å². The minimum Gasteiger partial charge on any atom is -0.434 e. The van der Waals surface area contributed by atoms with E-state index in [0.717, 1.165) is 18.6 Å². The average molecular weight is 257 g/mol. The fraction of sp³-hybridized carbons (Fsp3) is 0.538. The molecule has 5 heteroatoms. The third-order valence-electron chi connectivity index (χ3n) is 3.12. The van der Waals surface area contributed by atoms with Gasteiger partial charge < -0.3 is 14.8 Å². The third-order valence-corrected chi connectivity index (χ3v) is 3.12. The molecule has 0 amide bonds. The second-order valence-corrected chi connectivity index (χ2v) is 4.34. The van der Waals surface area contributed by atoms with Crippen LogP contribution in [-0.2, 0) is 11.3 Å². The van der Waals surface area contributed by atoms with Crippen LogP contribution in [0.3, 0.4) is 0 Å². The van der Waals surface area contributed by atoms with Gasteiger partial charge >= 0.3 is 6.61 Å². The molecule has 0 radical (unpaired) electrons. The maximum absolute atomic E-state index is 12.2. The Labute approximate surface area is 105 Å². The Bertz CT molecular complexity index is 387. The van der Waals surface area contributed by atoms with Gasteiger partial charge in [-0.3, -0.25) is 0 Å². The average Bonchev–Trinajstić information content (AvgIpc) is 2.73. The van der Waals surface area contributed by atoms with Crippen LogP contribution in [-0.4, -0.2) is 25.4 Å².